The molecule has 0 amide bonds. The molecule has 3 rings (SSSR count). The second-order valence-electron chi connectivity index (χ2n) is 4.77. The maximum Gasteiger partial charge on any atom is 0.213 e. The summed E-state index contributed by atoms with van der Waals surface area (Å²) in [5.74, 6) is 0. The molecule has 2 aliphatic heterocycles. The van der Waals surface area contributed by atoms with Gasteiger partial charge in [-0.1, -0.05) is 0 Å². The molecule has 1 saturated carbocycles. The Labute approximate surface area is 93.6 Å². The SMILES string of the molecule is O=[N+]([O-])C1CCC(N(C2CO2)C2CO2)CC1. The Morgan fingerprint density at radius 1 is 1.06 bits per heavy atom. The Bertz CT molecular complexity index is 271. The molecule has 0 radical (unpaired) electrons. The van der Waals surface area contributed by atoms with Gasteiger partial charge in [0, 0.05) is 23.8 Å². The first-order valence-electron chi connectivity index (χ1n) is 5.90. The normalized spacial score (nSPS) is 42.1. The van der Waals surface area contributed by atoms with E-state index in [2.05, 4.69) is 4.90 Å². The van der Waals surface area contributed by atoms with Crippen LogP contribution in [-0.2, 0) is 9.47 Å². The summed E-state index contributed by atoms with van der Waals surface area (Å²) in [6.45, 7) is 1.57. The van der Waals surface area contributed by atoms with E-state index in [9.17, 15) is 10.1 Å². The van der Waals surface area contributed by atoms with Crippen LogP contribution in [0.5, 0.6) is 0 Å². The van der Waals surface area contributed by atoms with E-state index in [0.29, 0.717) is 18.9 Å². The van der Waals surface area contributed by atoms with Crippen molar-refractivity contribution < 1.29 is 14.4 Å². The van der Waals surface area contributed by atoms with Gasteiger partial charge in [0.05, 0.1) is 13.2 Å². The Kier molecular flexibility index (Phi) is 2.57. The van der Waals surface area contributed by atoms with Crippen molar-refractivity contribution in [1.29, 1.82) is 0 Å². The van der Waals surface area contributed by atoms with Gasteiger partial charge in [0.15, 0.2) is 0 Å². The number of rotatable bonds is 4. The van der Waals surface area contributed by atoms with Crippen LogP contribution in [0.25, 0.3) is 0 Å². The molecule has 1 aliphatic carbocycles. The number of epoxide rings is 2. The molecule has 0 spiro atoms. The number of hydrogen-bond donors (Lipinski definition) is 0. The molecule has 16 heavy (non-hydrogen) atoms. The first-order valence-corrected chi connectivity index (χ1v) is 5.90. The lowest BCUT2D eigenvalue weighted by molar-refractivity contribution is -0.526. The number of ether oxygens (including phenoxy) is 2. The molecule has 2 heterocycles. The molecular weight excluding hydrogens is 212 g/mol. The zero-order valence-electron chi connectivity index (χ0n) is 9.08. The van der Waals surface area contributed by atoms with Crippen LogP contribution in [0, 0.1) is 10.1 Å². The number of nitrogens with zero attached hydrogens (tertiary/aromatic N) is 2. The van der Waals surface area contributed by atoms with Crippen LogP contribution in [0.4, 0.5) is 0 Å². The van der Waals surface area contributed by atoms with E-state index in [1.165, 1.54) is 0 Å². The summed E-state index contributed by atoms with van der Waals surface area (Å²) in [7, 11) is 0. The molecule has 0 bridgehead atoms. The summed E-state index contributed by atoms with van der Waals surface area (Å²) in [5, 5.41) is 10.7. The van der Waals surface area contributed by atoms with Crippen molar-refractivity contribution in [3.05, 3.63) is 10.1 Å². The monoisotopic (exact) mass is 228 g/mol. The molecule has 0 aromatic heterocycles. The molecule has 6 nitrogen and oxygen atoms in total. The minimum absolute atomic E-state index is 0.137. The highest BCUT2D eigenvalue weighted by Gasteiger charge is 2.46. The molecule has 3 fully saturated rings. The molecular formula is C10H16N2O4. The second-order valence-corrected chi connectivity index (χ2v) is 4.77. The molecule has 0 N–H and O–H groups in total. The summed E-state index contributed by atoms with van der Waals surface area (Å²) in [5.41, 5.74) is 0. The van der Waals surface area contributed by atoms with Crippen LogP contribution in [0.3, 0.4) is 0 Å². The Morgan fingerprint density at radius 2 is 1.56 bits per heavy atom. The zero-order chi connectivity index (χ0) is 11.1. The minimum Gasteiger partial charge on any atom is -0.356 e. The maximum absolute atomic E-state index is 10.7. The van der Waals surface area contributed by atoms with E-state index in [0.717, 1.165) is 26.1 Å². The van der Waals surface area contributed by atoms with Gasteiger partial charge in [0.1, 0.15) is 12.5 Å². The molecule has 2 unspecified atom stereocenters. The van der Waals surface area contributed by atoms with E-state index >= 15 is 0 Å². The van der Waals surface area contributed by atoms with Gasteiger partial charge in [0.25, 0.3) is 0 Å². The van der Waals surface area contributed by atoms with Crippen LogP contribution in [-0.4, -0.2) is 47.6 Å². The summed E-state index contributed by atoms with van der Waals surface area (Å²) in [6.07, 6.45) is 3.59. The molecule has 0 aromatic rings. The zero-order valence-corrected chi connectivity index (χ0v) is 9.08. The minimum atomic E-state index is -0.335. The standard InChI is InChI=1S/C10H16N2O4/c13-12(14)8-3-1-7(2-4-8)11(9-5-15-9)10-6-16-10/h7-10H,1-6H2. The van der Waals surface area contributed by atoms with E-state index in [1.807, 2.05) is 0 Å². The van der Waals surface area contributed by atoms with Gasteiger partial charge < -0.3 is 9.47 Å². The highest BCUT2D eigenvalue weighted by molar-refractivity contribution is 4.89. The van der Waals surface area contributed by atoms with Crippen molar-refractivity contribution in [2.45, 2.75) is 50.2 Å². The van der Waals surface area contributed by atoms with Gasteiger partial charge in [-0.15, -0.1) is 0 Å². The van der Waals surface area contributed by atoms with E-state index in [4.69, 9.17) is 9.47 Å². The summed E-state index contributed by atoms with van der Waals surface area (Å²) in [4.78, 5) is 12.8. The van der Waals surface area contributed by atoms with Gasteiger partial charge in [-0.3, -0.25) is 10.1 Å². The Morgan fingerprint density at radius 3 is 1.94 bits per heavy atom. The average Bonchev–Trinajstić information content (AvgIpc) is 3.13. The van der Waals surface area contributed by atoms with Crippen LogP contribution in [0.15, 0.2) is 0 Å². The fourth-order valence-corrected chi connectivity index (χ4v) is 2.65. The topological polar surface area (TPSA) is 71.4 Å². The number of hydrogen-bond acceptors (Lipinski definition) is 5. The van der Waals surface area contributed by atoms with E-state index in [-0.39, 0.29) is 23.4 Å². The first kappa shape index (κ1) is 10.4. The van der Waals surface area contributed by atoms with E-state index < -0.39 is 0 Å². The highest BCUT2D eigenvalue weighted by Crippen LogP contribution is 2.34. The van der Waals surface area contributed by atoms with Crippen molar-refractivity contribution in [2.24, 2.45) is 0 Å². The van der Waals surface area contributed by atoms with Gasteiger partial charge in [-0.2, -0.15) is 0 Å². The fourth-order valence-electron chi connectivity index (χ4n) is 2.65. The highest BCUT2D eigenvalue weighted by atomic mass is 16.6. The second kappa shape index (κ2) is 3.94. The predicted molar refractivity (Wildman–Crippen MR) is 54.4 cm³/mol. The van der Waals surface area contributed by atoms with Crippen molar-refractivity contribution >= 4 is 0 Å². The predicted octanol–water partition coefficient (Wildman–Crippen LogP) is 0.589. The van der Waals surface area contributed by atoms with Gasteiger partial charge >= 0.3 is 0 Å². The maximum atomic E-state index is 10.7. The lowest BCUT2D eigenvalue weighted by Gasteiger charge is -2.32. The summed E-state index contributed by atoms with van der Waals surface area (Å²) < 4.78 is 10.6. The van der Waals surface area contributed by atoms with Crippen LogP contribution in [0.1, 0.15) is 25.7 Å². The average molecular weight is 228 g/mol. The summed E-state index contributed by atoms with van der Waals surface area (Å²) in [6, 6.07) is 0.0783. The van der Waals surface area contributed by atoms with Gasteiger partial charge in [0.2, 0.25) is 6.04 Å². The van der Waals surface area contributed by atoms with Gasteiger partial charge in [-0.05, 0) is 12.8 Å². The molecule has 0 aromatic carbocycles. The largest absolute Gasteiger partial charge is 0.356 e. The third kappa shape index (κ3) is 2.05. The smallest absolute Gasteiger partial charge is 0.213 e. The lowest BCUT2D eigenvalue weighted by Crippen LogP contribution is -2.44. The summed E-state index contributed by atoms with van der Waals surface area (Å²) >= 11 is 0. The van der Waals surface area contributed by atoms with Crippen molar-refractivity contribution in [1.82, 2.24) is 4.90 Å². The third-order valence-electron chi connectivity index (χ3n) is 3.68. The lowest BCUT2D eigenvalue weighted by atomic mass is 9.90. The molecule has 2 atom stereocenters. The number of nitro groups is 1. The third-order valence-corrected chi connectivity index (χ3v) is 3.68. The van der Waals surface area contributed by atoms with Crippen LogP contribution in [0.2, 0.25) is 0 Å². The van der Waals surface area contributed by atoms with Crippen LogP contribution >= 0.6 is 0 Å². The Hall–Kier alpha value is -0.720. The fraction of sp³-hybridized carbons (Fsp3) is 1.00. The van der Waals surface area contributed by atoms with Gasteiger partial charge in [-0.25, -0.2) is 4.90 Å². The molecule has 2 saturated heterocycles. The van der Waals surface area contributed by atoms with E-state index in [1.54, 1.807) is 0 Å². The quantitative estimate of drug-likeness (QED) is 0.400. The van der Waals surface area contributed by atoms with Crippen LogP contribution < -0.4 is 0 Å². The first-order chi connectivity index (χ1) is 7.75. The Balaban J connectivity index is 1.57. The molecule has 90 valence electrons. The molecule has 6 heteroatoms. The van der Waals surface area contributed by atoms with Crippen molar-refractivity contribution in [3.8, 4) is 0 Å². The van der Waals surface area contributed by atoms with Crippen molar-refractivity contribution in [3.63, 3.8) is 0 Å². The molecule has 3 aliphatic rings. The van der Waals surface area contributed by atoms with Crippen molar-refractivity contribution in [2.75, 3.05) is 13.2 Å².